The molecule has 0 aliphatic carbocycles. The van der Waals surface area contributed by atoms with Gasteiger partial charge in [0.25, 0.3) is 0 Å². The third-order valence-electron chi connectivity index (χ3n) is 4.14. The second-order valence-corrected chi connectivity index (χ2v) is 4.99. The molecule has 0 bridgehead atoms. The summed E-state index contributed by atoms with van der Waals surface area (Å²) in [6.07, 6.45) is 9.68. The summed E-state index contributed by atoms with van der Waals surface area (Å²) in [4.78, 5) is 0. The maximum absolute atomic E-state index is 2.49. The number of rotatable bonds is 8. The van der Waals surface area contributed by atoms with Gasteiger partial charge in [-0.1, -0.05) is 73.1 Å². The summed E-state index contributed by atoms with van der Waals surface area (Å²) < 4.78 is 0. The highest BCUT2D eigenvalue weighted by Crippen LogP contribution is 2.40. The topological polar surface area (TPSA) is 0 Å². The Bertz CT molecular complexity index is 122. The first-order valence-electron chi connectivity index (χ1n) is 6.64. The standard InChI is InChI=1S/C14H30/c1-6-10-12-13(11-7-2)14(5,8-3)9-4/h13H,6-12H2,1-5H3. The second kappa shape index (κ2) is 7.31. The van der Waals surface area contributed by atoms with Crippen LogP contribution >= 0.6 is 0 Å². The molecule has 1 atom stereocenters. The first kappa shape index (κ1) is 14.0. The fourth-order valence-corrected chi connectivity index (χ4v) is 2.47. The molecule has 0 fully saturated rings. The normalized spacial score (nSPS) is 14.4. The molecule has 0 heteroatoms. The smallest absolute Gasteiger partial charge is 0.0303 e. The molecule has 0 saturated carbocycles. The zero-order valence-corrected chi connectivity index (χ0v) is 11.0. The van der Waals surface area contributed by atoms with Gasteiger partial charge in [-0.15, -0.1) is 0 Å². The summed E-state index contributed by atoms with van der Waals surface area (Å²) in [6, 6.07) is 0. The molecule has 0 radical (unpaired) electrons. The Kier molecular flexibility index (Phi) is 7.31. The molecule has 0 heterocycles. The lowest BCUT2D eigenvalue weighted by Crippen LogP contribution is -2.26. The van der Waals surface area contributed by atoms with E-state index in [2.05, 4.69) is 34.6 Å². The van der Waals surface area contributed by atoms with Crippen LogP contribution in [0.4, 0.5) is 0 Å². The summed E-state index contributed by atoms with van der Waals surface area (Å²) in [5.74, 6) is 0.961. The van der Waals surface area contributed by atoms with Gasteiger partial charge in [0.15, 0.2) is 0 Å². The van der Waals surface area contributed by atoms with E-state index in [1.807, 2.05) is 0 Å². The summed E-state index contributed by atoms with van der Waals surface area (Å²) in [7, 11) is 0. The fourth-order valence-electron chi connectivity index (χ4n) is 2.47. The van der Waals surface area contributed by atoms with Crippen LogP contribution in [0, 0.1) is 11.3 Å². The Morgan fingerprint density at radius 1 is 0.857 bits per heavy atom. The van der Waals surface area contributed by atoms with E-state index in [-0.39, 0.29) is 0 Å². The van der Waals surface area contributed by atoms with Gasteiger partial charge in [-0.25, -0.2) is 0 Å². The van der Waals surface area contributed by atoms with Gasteiger partial charge in [0, 0.05) is 0 Å². The Hall–Kier alpha value is 0. The molecule has 0 aromatic heterocycles. The van der Waals surface area contributed by atoms with Gasteiger partial charge in [-0.2, -0.15) is 0 Å². The number of unbranched alkanes of at least 4 members (excludes halogenated alkanes) is 1. The summed E-state index contributed by atoms with van der Waals surface area (Å²) in [5.41, 5.74) is 0.602. The van der Waals surface area contributed by atoms with Crippen molar-refractivity contribution in [3.05, 3.63) is 0 Å². The predicted molar refractivity (Wildman–Crippen MR) is 66.6 cm³/mol. The lowest BCUT2D eigenvalue weighted by molar-refractivity contribution is 0.144. The predicted octanol–water partition coefficient (Wildman–Crippen LogP) is 5.42. The van der Waals surface area contributed by atoms with Crippen molar-refractivity contribution in [2.45, 2.75) is 79.6 Å². The van der Waals surface area contributed by atoms with Crippen LogP contribution < -0.4 is 0 Å². The first-order valence-corrected chi connectivity index (χ1v) is 6.64. The lowest BCUT2D eigenvalue weighted by atomic mass is 9.69. The quantitative estimate of drug-likeness (QED) is 0.488. The van der Waals surface area contributed by atoms with Crippen molar-refractivity contribution < 1.29 is 0 Å². The average Bonchev–Trinajstić information content (AvgIpc) is 2.23. The van der Waals surface area contributed by atoms with Crippen LogP contribution in [0.2, 0.25) is 0 Å². The van der Waals surface area contributed by atoms with Crippen LogP contribution in [0.3, 0.4) is 0 Å². The highest BCUT2D eigenvalue weighted by atomic mass is 14.3. The van der Waals surface area contributed by atoms with Gasteiger partial charge < -0.3 is 0 Å². The molecule has 14 heavy (non-hydrogen) atoms. The van der Waals surface area contributed by atoms with Crippen LogP contribution in [0.1, 0.15) is 79.6 Å². The van der Waals surface area contributed by atoms with Crippen LogP contribution in [0.5, 0.6) is 0 Å². The first-order chi connectivity index (χ1) is 6.64. The third kappa shape index (κ3) is 4.02. The van der Waals surface area contributed by atoms with Gasteiger partial charge >= 0.3 is 0 Å². The molecule has 0 saturated heterocycles. The van der Waals surface area contributed by atoms with Crippen LogP contribution in [0.15, 0.2) is 0 Å². The van der Waals surface area contributed by atoms with E-state index >= 15 is 0 Å². The highest BCUT2D eigenvalue weighted by molar-refractivity contribution is 4.79. The van der Waals surface area contributed by atoms with Gasteiger partial charge in [0.1, 0.15) is 0 Å². The Morgan fingerprint density at radius 2 is 1.43 bits per heavy atom. The average molecular weight is 198 g/mol. The van der Waals surface area contributed by atoms with E-state index in [1.54, 1.807) is 0 Å². The van der Waals surface area contributed by atoms with Crippen molar-refractivity contribution in [2.24, 2.45) is 11.3 Å². The van der Waals surface area contributed by atoms with Crippen molar-refractivity contribution >= 4 is 0 Å². The molecule has 0 rings (SSSR count). The van der Waals surface area contributed by atoms with Gasteiger partial charge in [-0.05, 0) is 17.8 Å². The Balaban J connectivity index is 4.27. The highest BCUT2D eigenvalue weighted by Gasteiger charge is 2.29. The lowest BCUT2D eigenvalue weighted by Gasteiger charge is -2.36. The minimum atomic E-state index is 0.602. The van der Waals surface area contributed by atoms with Crippen molar-refractivity contribution in [1.29, 1.82) is 0 Å². The van der Waals surface area contributed by atoms with Gasteiger partial charge in [0.05, 0.1) is 0 Å². The van der Waals surface area contributed by atoms with Crippen molar-refractivity contribution in [3.63, 3.8) is 0 Å². The van der Waals surface area contributed by atoms with Crippen molar-refractivity contribution in [1.82, 2.24) is 0 Å². The molecule has 0 aromatic carbocycles. The van der Waals surface area contributed by atoms with Crippen LogP contribution in [0.25, 0.3) is 0 Å². The Morgan fingerprint density at radius 3 is 1.79 bits per heavy atom. The van der Waals surface area contributed by atoms with Crippen LogP contribution in [-0.2, 0) is 0 Å². The molecule has 1 unspecified atom stereocenters. The molecular weight excluding hydrogens is 168 g/mol. The minimum absolute atomic E-state index is 0.602. The van der Waals surface area contributed by atoms with Crippen molar-refractivity contribution in [2.75, 3.05) is 0 Å². The summed E-state index contributed by atoms with van der Waals surface area (Å²) in [5, 5.41) is 0. The van der Waals surface area contributed by atoms with Crippen molar-refractivity contribution in [3.8, 4) is 0 Å². The van der Waals surface area contributed by atoms with E-state index in [0.29, 0.717) is 5.41 Å². The van der Waals surface area contributed by atoms with E-state index in [9.17, 15) is 0 Å². The third-order valence-corrected chi connectivity index (χ3v) is 4.14. The molecule has 0 N–H and O–H groups in total. The zero-order chi connectivity index (χ0) is 11.0. The largest absolute Gasteiger partial charge is 0.0654 e. The van der Waals surface area contributed by atoms with E-state index < -0.39 is 0 Å². The SMILES string of the molecule is CCCCC(CCC)C(C)(CC)CC. The molecule has 0 aliphatic heterocycles. The van der Waals surface area contributed by atoms with Gasteiger partial charge in [-0.3, -0.25) is 0 Å². The van der Waals surface area contributed by atoms with E-state index in [0.717, 1.165) is 5.92 Å². The van der Waals surface area contributed by atoms with E-state index in [4.69, 9.17) is 0 Å². The zero-order valence-electron chi connectivity index (χ0n) is 11.0. The molecule has 0 amide bonds. The summed E-state index contributed by atoms with van der Waals surface area (Å²) in [6.45, 7) is 11.8. The maximum Gasteiger partial charge on any atom is -0.0303 e. The molecule has 0 aromatic rings. The fraction of sp³-hybridized carbons (Fsp3) is 1.00. The minimum Gasteiger partial charge on any atom is -0.0654 e. The summed E-state index contributed by atoms with van der Waals surface area (Å²) >= 11 is 0. The molecular formula is C14H30. The van der Waals surface area contributed by atoms with E-state index in [1.165, 1.54) is 44.9 Å². The second-order valence-electron chi connectivity index (χ2n) is 4.99. The molecule has 0 spiro atoms. The Labute approximate surface area is 91.5 Å². The van der Waals surface area contributed by atoms with Crippen LogP contribution in [-0.4, -0.2) is 0 Å². The molecule has 0 aliphatic rings. The number of hydrogen-bond acceptors (Lipinski definition) is 0. The maximum atomic E-state index is 2.49. The monoisotopic (exact) mass is 198 g/mol. The number of hydrogen-bond donors (Lipinski definition) is 0. The molecule has 86 valence electrons. The molecule has 0 nitrogen and oxygen atoms in total. The van der Waals surface area contributed by atoms with Gasteiger partial charge in [0.2, 0.25) is 0 Å².